The van der Waals surface area contributed by atoms with Crippen LogP contribution in [0.25, 0.3) is 0 Å². The minimum absolute atomic E-state index is 0.0449. The van der Waals surface area contributed by atoms with Crippen molar-refractivity contribution < 1.29 is 9.53 Å². The summed E-state index contributed by atoms with van der Waals surface area (Å²) in [5, 5.41) is 9.09. The number of carbonyl (C=O) groups is 1. The van der Waals surface area contributed by atoms with Crippen LogP contribution in [0.4, 0.5) is 0 Å². The van der Waals surface area contributed by atoms with E-state index in [4.69, 9.17) is 10.00 Å². The molecule has 0 aliphatic carbocycles. The highest BCUT2D eigenvalue weighted by molar-refractivity contribution is 5.94. The van der Waals surface area contributed by atoms with Gasteiger partial charge >= 0.3 is 0 Å². The normalized spacial score (nSPS) is 21.8. The monoisotopic (exact) mass is 389 g/mol. The van der Waals surface area contributed by atoms with Gasteiger partial charge in [-0.25, -0.2) is 0 Å². The molecule has 1 amide bonds. The van der Waals surface area contributed by atoms with Crippen LogP contribution in [0.2, 0.25) is 0 Å². The first-order chi connectivity index (χ1) is 14.2. The van der Waals surface area contributed by atoms with Crippen molar-refractivity contribution in [3.05, 3.63) is 65.7 Å². The van der Waals surface area contributed by atoms with Crippen LogP contribution in [0.5, 0.6) is 5.75 Å². The number of nitriles is 1. The number of hydrogen-bond acceptors (Lipinski definition) is 4. The molecule has 29 heavy (non-hydrogen) atoms. The van der Waals surface area contributed by atoms with Crippen molar-refractivity contribution in [1.82, 2.24) is 9.80 Å². The third-order valence-corrected chi connectivity index (χ3v) is 6.12. The van der Waals surface area contributed by atoms with Gasteiger partial charge in [-0.15, -0.1) is 0 Å². The van der Waals surface area contributed by atoms with Gasteiger partial charge in [0.15, 0.2) is 0 Å². The molecule has 150 valence electrons. The molecular weight excluding hydrogens is 362 g/mol. The third-order valence-electron chi connectivity index (χ3n) is 6.12. The van der Waals surface area contributed by atoms with Crippen LogP contribution in [-0.4, -0.2) is 55.0 Å². The molecule has 2 saturated heterocycles. The van der Waals surface area contributed by atoms with Crippen LogP contribution >= 0.6 is 0 Å². The lowest BCUT2D eigenvalue weighted by Gasteiger charge is -2.40. The number of benzene rings is 2. The zero-order valence-corrected chi connectivity index (χ0v) is 16.7. The molecule has 2 aliphatic rings. The van der Waals surface area contributed by atoms with Gasteiger partial charge in [-0.1, -0.05) is 24.3 Å². The van der Waals surface area contributed by atoms with E-state index in [1.165, 1.54) is 6.42 Å². The summed E-state index contributed by atoms with van der Waals surface area (Å²) in [6.07, 6.45) is 3.38. The maximum Gasteiger partial charge on any atom is 0.253 e. The lowest BCUT2D eigenvalue weighted by atomic mass is 9.79. The second-order valence-electron chi connectivity index (χ2n) is 8.21. The van der Waals surface area contributed by atoms with Gasteiger partial charge in [-0.05, 0) is 56.1 Å². The Balaban J connectivity index is 1.33. The molecule has 0 unspecified atom stereocenters. The Hall–Kier alpha value is -2.84. The second kappa shape index (κ2) is 8.67. The zero-order chi connectivity index (χ0) is 20.1. The Morgan fingerprint density at radius 1 is 1.07 bits per heavy atom. The fourth-order valence-electron chi connectivity index (χ4n) is 4.66. The molecule has 2 aromatic rings. The first kappa shape index (κ1) is 19.5. The van der Waals surface area contributed by atoms with Crippen LogP contribution < -0.4 is 4.74 Å². The number of carbonyl (C=O) groups excluding carboxylic acids is 1. The van der Waals surface area contributed by atoms with E-state index in [-0.39, 0.29) is 11.3 Å². The van der Waals surface area contributed by atoms with Gasteiger partial charge in [0.2, 0.25) is 0 Å². The zero-order valence-electron chi connectivity index (χ0n) is 16.7. The minimum Gasteiger partial charge on any atom is -0.492 e. The van der Waals surface area contributed by atoms with E-state index in [1.54, 1.807) is 18.2 Å². The molecule has 5 heteroatoms. The summed E-state index contributed by atoms with van der Waals surface area (Å²) < 4.78 is 5.87. The highest BCUT2D eigenvalue weighted by atomic mass is 16.5. The molecule has 0 saturated carbocycles. The van der Waals surface area contributed by atoms with Gasteiger partial charge in [0.1, 0.15) is 12.4 Å². The molecule has 2 heterocycles. The Morgan fingerprint density at radius 3 is 2.76 bits per heavy atom. The van der Waals surface area contributed by atoms with Gasteiger partial charge in [0.05, 0.1) is 11.6 Å². The molecule has 0 N–H and O–H groups in total. The smallest absolute Gasteiger partial charge is 0.253 e. The molecule has 1 atom stereocenters. The predicted octanol–water partition coefficient (Wildman–Crippen LogP) is 3.57. The number of likely N-dealkylation sites (tertiary alicyclic amines) is 2. The topological polar surface area (TPSA) is 56.6 Å². The number of piperidine rings is 1. The molecule has 2 fully saturated rings. The summed E-state index contributed by atoms with van der Waals surface area (Å²) in [6.45, 7) is 5.31. The van der Waals surface area contributed by atoms with Gasteiger partial charge in [-0.3, -0.25) is 9.69 Å². The number of hydrogen-bond donors (Lipinski definition) is 0. The molecule has 0 aromatic heterocycles. The number of nitrogens with zero attached hydrogens (tertiary/aromatic N) is 3. The van der Waals surface area contributed by atoms with Crippen LogP contribution in [0, 0.1) is 16.7 Å². The van der Waals surface area contributed by atoms with Crippen LogP contribution in [0.15, 0.2) is 54.6 Å². The van der Waals surface area contributed by atoms with E-state index in [2.05, 4.69) is 11.0 Å². The van der Waals surface area contributed by atoms with Crippen LogP contribution in [0.3, 0.4) is 0 Å². The summed E-state index contributed by atoms with van der Waals surface area (Å²) in [7, 11) is 0. The third kappa shape index (κ3) is 4.60. The summed E-state index contributed by atoms with van der Waals surface area (Å²) >= 11 is 0. The lowest BCUT2D eigenvalue weighted by molar-refractivity contribution is 0.0658. The summed E-state index contributed by atoms with van der Waals surface area (Å²) in [6, 6.07) is 19.1. The summed E-state index contributed by atoms with van der Waals surface area (Å²) in [5.74, 6) is 0.958. The SMILES string of the molecule is N#Cc1cccc(C(=O)N2CC[C@]3(CCCN(CCOc4ccccc4)C3)C2)c1. The van der Waals surface area contributed by atoms with E-state index in [1.807, 2.05) is 41.3 Å². The number of rotatable bonds is 5. The Labute approximate surface area is 172 Å². The Bertz CT molecular complexity index is 892. The Kier molecular flexibility index (Phi) is 5.82. The van der Waals surface area contributed by atoms with E-state index in [0.29, 0.717) is 17.7 Å². The molecule has 4 rings (SSSR count). The van der Waals surface area contributed by atoms with Crippen LogP contribution in [0.1, 0.15) is 35.2 Å². The molecule has 1 spiro atoms. The van der Waals surface area contributed by atoms with E-state index >= 15 is 0 Å². The van der Waals surface area contributed by atoms with Crippen molar-refractivity contribution in [2.24, 2.45) is 5.41 Å². The maximum atomic E-state index is 12.9. The molecular formula is C24H27N3O2. The van der Waals surface area contributed by atoms with Gasteiger partial charge in [-0.2, -0.15) is 5.26 Å². The fourth-order valence-corrected chi connectivity index (χ4v) is 4.66. The van der Waals surface area contributed by atoms with E-state index in [0.717, 1.165) is 51.3 Å². The molecule has 2 aliphatic heterocycles. The average molecular weight is 389 g/mol. The summed E-state index contributed by atoms with van der Waals surface area (Å²) in [5.41, 5.74) is 1.34. The highest BCUT2D eigenvalue weighted by Crippen LogP contribution is 2.39. The first-order valence-corrected chi connectivity index (χ1v) is 10.4. The number of amides is 1. The van der Waals surface area contributed by atoms with Gasteiger partial charge < -0.3 is 9.64 Å². The van der Waals surface area contributed by atoms with Crippen molar-refractivity contribution in [3.8, 4) is 11.8 Å². The van der Waals surface area contributed by atoms with Crippen molar-refractivity contribution in [2.75, 3.05) is 39.3 Å². The van der Waals surface area contributed by atoms with Crippen molar-refractivity contribution in [3.63, 3.8) is 0 Å². The lowest BCUT2D eigenvalue weighted by Crippen LogP contribution is -2.46. The standard InChI is InChI=1S/C24H27N3O2/c25-17-20-6-4-7-21(16-20)23(28)27-13-11-24(19-27)10-5-12-26(18-24)14-15-29-22-8-2-1-3-9-22/h1-4,6-9,16H,5,10-15,18-19H2/t24-/m0/s1. The second-order valence-corrected chi connectivity index (χ2v) is 8.21. The average Bonchev–Trinajstić information content (AvgIpc) is 3.17. The van der Waals surface area contributed by atoms with Crippen molar-refractivity contribution in [2.45, 2.75) is 19.3 Å². The molecule has 0 radical (unpaired) electrons. The quantitative estimate of drug-likeness (QED) is 0.785. The maximum absolute atomic E-state index is 12.9. The first-order valence-electron chi connectivity index (χ1n) is 10.4. The van der Waals surface area contributed by atoms with Gasteiger partial charge in [0, 0.05) is 37.2 Å². The highest BCUT2D eigenvalue weighted by Gasteiger charge is 2.42. The summed E-state index contributed by atoms with van der Waals surface area (Å²) in [4.78, 5) is 17.4. The molecule has 0 bridgehead atoms. The minimum atomic E-state index is 0.0449. The largest absolute Gasteiger partial charge is 0.492 e. The molecule has 2 aromatic carbocycles. The van der Waals surface area contributed by atoms with Crippen molar-refractivity contribution >= 4 is 5.91 Å². The van der Waals surface area contributed by atoms with Crippen LogP contribution in [-0.2, 0) is 0 Å². The van der Waals surface area contributed by atoms with Gasteiger partial charge in [0.25, 0.3) is 5.91 Å². The fraction of sp³-hybridized carbons (Fsp3) is 0.417. The van der Waals surface area contributed by atoms with E-state index < -0.39 is 0 Å². The Morgan fingerprint density at radius 2 is 1.93 bits per heavy atom. The number of para-hydroxylation sites is 1. The number of ether oxygens (including phenoxy) is 1. The van der Waals surface area contributed by atoms with E-state index in [9.17, 15) is 4.79 Å². The predicted molar refractivity (Wildman–Crippen MR) is 112 cm³/mol. The van der Waals surface area contributed by atoms with Crippen molar-refractivity contribution in [1.29, 1.82) is 5.26 Å². The molecule has 5 nitrogen and oxygen atoms in total.